The monoisotopic (exact) mass is 260 g/mol. The first-order chi connectivity index (χ1) is 9.22. The lowest BCUT2D eigenvalue weighted by Gasteiger charge is -2.29. The van der Waals surface area contributed by atoms with Crippen LogP contribution >= 0.6 is 0 Å². The van der Waals surface area contributed by atoms with Gasteiger partial charge in [-0.25, -0.2) is 0 Å². The Morgan fingerprint density at radius 3 is 2.79 bits per heavy atom. The van der Waals surface area contributed by atoms with E-state index in [9.17, 15) is 4.79 Å². The Labute approximate surface area is 112 Å². The fraction of sp³-hybridized carbons (Fsp3) is 0.429. The molecular weight excluding hydrogens is 244 g/mol. The first-order valence-corrected chi connectivity index (χ1v) is 6.24. The van der Waals surface area contributed by atoms with Crippen LogP contribution in [-0.2, 0) is 9.53 Å². The Balaban J connectivity index is 2.02. The predicted octanol–water partition coefficient (Wildman–Crippen LogP) is 1.18. The zero-order valence-corrected chi connectivity index (χ0v) is 10.8. The summed E-state index contributed by atoms with van der Waals surface area (Å²) in [7, 11) is 0. The van der Waals surface area contributed by atoms with Crippen LogP contribution in [0.4, 0.5) is 0 Å². The highest BCUT2D eigenvalue weighted by Crippen LogP contribution is 2.18. The van der Waals surface area contributed by atoms with Crippen molar-refractivity contribution in [2.45, 2.75) is 13.0 Å². The van der Waals surface area contributed by atoms with E-state index in [1.165, 1.54) is 0 Å². The van der Waals surface area contributed by atoms with Crippen LogP contribution < -0.4 is 4.74 Å². The molecule has 0 aliphatic carbocycles. The van der Waals surface area contributed by atoms with Gasteiger partial charge in [-0.15, -0.1) is 0 Å². The van der Waals surface area contributed by atoms with Gasteiger partial charge in [-0.1, -0.05) is 12.1 Å². The third-order valence-electron chi connectivity index (χ3n) is 2.98. The fourth-order valence-electron chi connectivity index (χ4n) is 1.94. The summed E-state index contributed by atoms with van der Waals surface area (Å²) in [6.45, 7) is 4.01. The Morgan fingerprint density at radius 2 is 2.11 bits per heavy atom. The molecule has 0 bridgehead atoms. The molecule has 5 heteroatoms. The highest BCUT2D eigenvalue weighted by Gasteiger charge is 2.24. The third-order valence-corrected chi connectivity index (χ3v) is 2.98. The Hall–Kier alpha value is -2.06. The van der Waals surface area contributed by atoms with Gasteiger partial charge in [-0.05, 0) is 19.1 Å². The van der Waals surface area contributed by atoms with Crippen molar-refractivity contribution in [3.63, 3.8) is 0 Å². The van der Waals surface area contributed by atoms with Crippen molar-refractivity contribution < 1.29 is 14.3 Å². The van der Waals surface area contributed by atoms with Gasteiger partial charge in [0.1, 0.15) is 11.8 Å². The van der Waals surface area contributed by atoms with E-state index >= 15 is 0 Å². The Kier molecular flexibility index (Phi) is 4.37. The van der Waals surface area contributed by atoms with Crippen molar-refractivity contribution in [2.75, 3.05) is 26.3 Å². The van der Waals surface area contributed by atoms with Crippen LogP contribution in [0.5, 0.6) is 5.75 Å². The highest BCUT2D eigenvalue weighted by molar-refractivity contribution is 5.81. The summed E-state index contributed by atoms with van der Waals surface area (Å²) in [6, 6.07) is 8.96. The summed E-state index contributed by atoms with van der Waals surface area (Å²) in [5.41, 5.74) is 0.434. The number of nitriles is 1. The van der Waals surface area contributed by atoms with Gasteiger partial charge >= 0.3 is 0 Å². The Morgan fingerprint density at radius 1 is 1.42 bits per heavy atom. The summed E-state index contributed by atoms with van der Waals surface area (Å²) >= 11 is 0. The van der Waals surface area contributed by atoms with Gasteiger partial charge in [0.05, 0.1) is 18.8 Å². The lowest BCUT2D eigenvalue weighted by molar-refractivity contribution is -0.142. The molecule has 0 aromatic heterocycles. The van der Waals surface area contributed by atoms with E-state index in [0.717, 1.165) is 0 Å². The molecule has 1 aromatic rings. The highest BCUT2D eigenvalue weighted by atomic mass is 16.5. The van der Waals surface area contributed by atoms with Gasteiger partial charge < -0.3 is 14.4 Å². The molecular formula is C14H16N2O3. The van der Waals surface area contributed by atoms with E-state index in [1.54, 1.807) is 36.1 Å². The molecule has 1 unspecified atom stereocenters. The molecule has 19 heavy (non-hydrogen) atoms. The molecule has 0 saturated carbocycles. The van der Waals surface area contributed by atoms with E-state index in [0.29, 0.717) is 37.6 Å². The third kappa shape index (κ3) is 3.24. The van der Waals surface area contributed by atoms with Gasteiger partial charge in [-0.3, -0.25) is 4.79 Å². The van der Waals surface area contributed by atoms with Crippen LogP contribution in [0.1, 0.15) is 12.5 Å². The van der Waals surface area contributed by atoms with Crippen molar-refractivity contribution in [3.05, 3.63) is 29.8 Å². The molecule has 1 heterocycles. The average Bonchev–Trinajstić information content (AvgIpc) is 2.48. The Bertz CT molecular complexity index is 490. The predicted molar refractivity (Wildman–Crippen MR) is 68.6 cm³/mol. The van der Waals surface area contributed by atoms with E-state index in [4.69, 9.17) is 14.7 Å². The molecule has 1 aromatic carbocycles. The zero-order valence-electron chi connectivity index (χ0n) is 10.8. The maximum Gasteiger partial charge on any atom is 0.263 e. The number of hydrogen-bond acceptors (Lipinski definition) is 4. The maximum atomic E-state index is 12.2. The number of morpholine rings is 1. The number of amides is 1. The first kappa shape index (κ1) is 13.4. The lowest BCUT2D eigenvalue weighted by atomic mass is 10.2. The molecule has 1 aliphatic rings. The first-order valence-electron chi connectivity index (χ1n) is 6.24. The minimum atomic E-state index is -0.604. The second-order valence-corrected chi connectivity index (χ2v) is 4.31. The number of ether oxygens (including phenoxy) is 2. The molecule has 1 amide bonds. The molecule has 1 aliphatic heterocycles. The molecule has 5 nitrogen and oxygen atoms in total. The maximum absolute atomic E-state index is 12.2. The van der Waals surface area contributed by atoms with Crippen molar-refractivity contribution >= 4 is 5.91 Å². The largest absolute Gasteiger partial charge is 0.480 e. The fourth-order valence-corrected chi connectivity index (χ4v) is 1.94. The minimum absolute atomic E-state index is 0.0731. The lowest BCUT2D eigenvalue weighted by Crippen LogP contribution is -2.46. The van der Waals surface area contributed by atoms with Crippen molar-refractivity contribution in [3.8, 4) is 11.8 Å². The SMILES string of the molecule is CC(Oc1ccccc1C#N)C(=O)N1CCOCC1. The molecule has 1 fully saturated rings. The minimum Gasteiger partial charge on any atom is -0.480 e. The number of rotatable bonds is 3. The molecule has 0 N–H and O–H groups in total. The normalized spacial score (nSPS) is 16.5. The molecule has 0 radical (unpaired) electrons. The van der Waals surface area contributed by atoms with Crippen LogP contribution in [0.2, 0.25) is 0 Å². The van der Waals surface area contributed by atoms with Crippen LogP contribution in [0.15, 0.2) is 24.3 Å². The van der Waals surface area contributed by atoms with Gasteiger partial charge in [-0.2, -0.15) is 5.26 Å². The smallest absolute Gasteiger partial charge is 0.263 e. The number of hydrogen-bond donors (Lipinski definition) is 0. The number of nitrogens with zero attached hydrogens (tertiary/aromatic N) is 2. The molecule has 1 atom stereocenters. The molecule has 2 rings (SSSR count). The van der Waals surface area contributed by atoms with E-state index in [1.807, 2.05) is 6.07 Å². The van der Waals surface area contributed by atoms with Crippen LogP contribution in [0, 0.1) is 11.3 Å². The van der Waals surface area contributed by atoms with Gasteiger partial charge in [0.25, 0.3) is 5.91 Å². The summed E-state index contributed by atoms with van der Waals surface area (Å²) < 4.78 is 10.8. The molecule has 1 saturated heterocycles. The van der Waals surface area contributed by atoms with E-state index in [2.05, 4.69) is 0 Å². The number of carbonyl (C=O) groups excluding carboxylic acids is 1. The van der Waals surface area contributed by atoms with Crippen LogP contribution in [0.25, 0.3) is 0 Å². The van der Waals surface area contributed by atoms with Gasteiger partial charge in [0.15, 0.2) is 6.10 Å². The van der Waals surface area contributed by atoms with Crippen molar-refractivity contribution in [1.29, 1.82) is 5.26 Å². The summed E-state index contributed by atoms with van der Waals surface area (Å²) in [4.78, 5) is 13.9. The quantitative estimate of drug-likeness (QED) is 0.818. The average molecular weight is 260 g/mol. The number of benzene rings is 1. The number of carbonyl (C=O) groups is 1. The standard InChI is InChI=1S/C14H16N2O3/c1-11(14(17)16-6-8-18-9-7-16)19-13-5-3-2-4-12(13)10-15/h2-5,11H,6-9H2,1H3. The van der Waals surface area contributed by atoms with Crippen LogP contribution in [-0.4, -0.2) is 43.2 Å². The summed E-state index contributed by atoms with van der Waals surface area (Å²) in [5, 5.41) is 8.98. The topological polar surface area (TPSA) is 62.6 Å². The second kappa shape index (κ2) is 6.21. The molecule has 0 spiro atoms. The zero-order chi connectivity index (χ0) is 13.7. The van der Waals surface area contributed by atoms with E-state index in [-0.39, 0.29) is 5.91 Å². The summed E-state index contributed by atoms with van der Waals surface area (Å²) in [6.07, 6.45) is -0.604. The number of para-hydroxylation sites is 1. The van der Waals surface area contributed by atoms with E-state index < -0.39 is 6.10 Å². The summed E-state index contributed by atoms with van der Waals surface area (Å²) in [5.74, 6) is 0.371. The van der Waals surface area contributed by atoms with Crippen molar-refractivity contribution in [1.82, 2.24) is 4.90 Å². The van der Waals surface area contributed by atoms with Gasteiger partial charge in [0, 0.05) is 13.1 Å². The van der Waals surface area contributed by atoms with Crippen molar-refractivity contribution in [2.24, 2.45) is 0 Å². The van der Waals surface area contributed by atoms with Crippen LogP contribution in [0.3, 0.4) is 0 Å². The van der Waals surface area contributed by atoms with Gasteiger partial charge in [0.2, 0.25) is 0 Å². The molecule has 100 valence electrons. The second-order valence-electron chi connectivity index (χ2n) is 4.31.